The SMILES string of the molecule is CC(NC(=O)NC(C)C(C)C(=O)O)c1ccccc1F. The number of benzene rings is 1. The molecule has 0 aliphatic heterocycles. The molecule has 5 nitrogen and oxygen atoms in total. The van der Waals surface area contributed by atoms with E-state index in [0.717, 1.165) is 0 Å². The Morgan fingerprint density at radius 2 is 1.75 bits per heavy atom. The molecule has 0 fully saturated rings. The van der Waals surface area contributed by atoms with Crippen LogP contribution in [0.1, 0.15) is 32.4 Å². The van der Waals surface area contributed by atoms with Crippen molar-refractivity contribution in [2.45, 2.75) is 32.9 Å². The van der Waals surface area contributed by atoms with Crippen LogP contribution in [0.5, 0.6) is 0 Å². The van der Waals surface area contributed by atoms with Crippen LogP contribution in [0.3, 0.4) is 0 Å². The minimum absolute atomic E-state index is 0.376. The van der Waals surface area contributed by atoms with Crippen LogP contribution in [0, 0.1) is 11.7 Å². The number of rotatable bonds is 5. The molecule has 1 aromatic rings. The number of hydrogen-bond donors (Lipinski definition) is 3. The van der Waals surface area contributed by atoms with Crippen molar-refractivity contribution in [2.75, 3.05) is 0 Å². The smallest absolute Gasteiger partial charge is 0.315 e. The third kappa shape index (κ3) is 4.22. The molecule has 0 saturated heterocycles. The molecule has 3 atom stereocenters. The fourth-order valence-electron chi connectivity index (χ4n) is 1.69. The third-order valence-corrected chi connectivity index (χ3v) is 3.22. The van der Waals surface area contributed by atoms with Gasteiger partial charge in [-0.1, -0.05) is 18.2 Å². The maximum Gasteiger partial charge on any atom is 0.315 e. The predicted molar refractivity (Wildman–Crippen MR) is 72.7 cm³/mol. The van der Waals surface area contributed by atoms with E-state index in [1.807, 2.05) is 0 Å². The summed E-state index contributed by atoms with van der Waals surface area (Å²) in [5.74, 6) is -2.09. The summed E-state index contributed by atoms with van der Waals surface area (Å²) in [6, 6.07) is 4.60. The molecule has 3 unspecified atom stereocenters. The molecule has 20 heavy (non-hydrogen) atoms. The van der Waals surface area contributed by atoms with Gasteiger partial charge in [0.25, 0.3) is 0 Å². The van der Waals surface area contributed by atoms with Gasteiger partial charge < -0.3 is 15.7 Å². The zero-order chi connectivity index (χ0) is 15.3. The highest BCUT2D eigenvalue weighted by Crippen LogP contribution is 2.15. The van der Waals surface area contributed by atoms with Gasteiger partial charge in [0.2, 0.25) is 0 Å². The molecule has 3 N–H and O–H groups in total. The molecule has 0 heterocycles. The lowest BCUT2D eigenvalue weighted by atomic mass is 10.0. The maximum atomic E-state index is 13.5. The minimum atomic E-state index is -0.986. The maximum absolute atomic E-state index is 13.5. The standard InChI is InChI=1S/C14H19FN2O3/c1-8(13(18)19)9(2)16-14(20)17-10(3)11-6-4-5-7-12(11)15/h4-10H,1-3H3,(H,18,19)(H2,16,17,20). The van der Waals surface area contributed by atoms with Gasteiger partial charge in [0.1, 0.15) is 5.82 Å². The second-order valence-electron chi connectivity index (χ2n) is 4.78. The summed E-state index contributed by atoms with van der Waals surface area (Å²) in [4.78, 5) is 22.5. The van der Waals surface area contributed by atoms with E-state index in [1.165, 1.54) is 13.0 Å². The Morgan fingerprint density at radius 1 is 1.15 bits per heavy atom. The van der Waals surface area contributed by atoms with Crippen molar-refractivity contribution in [1.82, 2.24) is 10.6 Å². The number of carboxylic acids is 1. The Labute approximate surface area is 117 Å². The quantitative estimate of drug-likeness (QED) is 0.775. The van der Waals surface area contributed by atoms with Crippen LogP contribution in [-0.4, -0.2) is 23.1 Å². The van der Waals surface area contributed by atoms with Crippen LogP contribution in [0.25, 0.3) is 0 Å². The number of urea groups is 1. The van der Waals surface area contributed by atoms with E-state index in [-0.39, 0.29) is 0 Å². The Bertz CT molecular complexity index is 493. The van der Waals surface area contributed by atoms with Gasteiger partial charge >= 0.3 is 12.0 Å². The average molecular weight is 282 g/mol. The highest BCUT2D eigenvalue weighted by molar-refractivity contribution is 5.76. The molecule has 0 aromatic heterocycles. The van der Waals surface area contributed by atoms with Gasteiger partial charge in [-0.25, -0.2) is 9.18 Å². The van der Waals surface area contributed by atoms with Gasteiger partial charge in [-0.05, 0) is 26.8 Å². The molecule has 2 amide bonds. The summed E-state index contributed by atoms with van der Waals surface area (Å²) in [6.07, 6.45) is 0. The summed E-state index contributed by atoms with van der Waals surface area (Å²) in [6.45, 7) is 4.77. The van der Waals surface area contributed by atoms with Crippen LogP contribution < -0.4 is 10.6 Å². The molecule has 0 radical (unpaired) electrons. The van der Waals surface area contributed by atoms with E-state index in [9.17, 15) is 14.0 Å². The number of halogens is 1. The van der Waals surface area contributed by atoms with Crippen molar-refractivity contribution in [3.63, 3.8) is 0 Å². The zero-order valence-electron chi connectivity index (χ0n) is 11.7. The average Bonchev–Trinajstić information content (AvgIpc) is 2.37. The first-order chi connectivity index (χ1) is 9.32. The van der Waals surface area contributed by atoms with Gasteiger partial charge in [-0.3, -0.25) is 4.79 Å². The molecule has 1 aromatic carbocycles. The molecule has 0 bridgehead atoms. The topological polar surface area (TPSA) is 78.4 Å². The van der Waals surface area contributed by atoms with Gasteiger partial charge in [0.05, 0.1) is 12.0 Å². The molecule has 0 aliphatic carbocycles. The largest absolute Gasteiger partial charge is 0.481 e. The molecular formula is C14H19FN2O3. The summed E-state index contributed by atoms with van der Waals surface area (Å²) < 4.78 is 13.5. The molecule has 0 spiro atoms. The van der Waals surface area contributed by atoms with Crippen molar-refractivity contribution in [2.24, 2.45) is 5.92 Å². The third-order valence-electron chi connectivity index (χ3n) is 3.22. The number of carbonyl (C=O) groups excluding carboxylic acids is 1. The first-order valence-corrected chi connectivity index (χ1v) is 6.37. The molecule has 110 valence electrons. The minimum Gasteiger partial charge on any atom is -0.481 e. The Hall–Kier alpha value is -2.11. The molecule has 1 rings (SSSR count). The zero-order valence-corrected chi connectivity index (χ0v) is 11.7. The van der Waals surface area contributed by atoms with Crippen LogP contribution in [-0.2, 0) is 4.79 Å². The monoisotopic (exact) mass is 282 g/mol. The normalized spacial score (nSPS) is 15.0. The second-order valence-corrected chi connectivity index (χ2v) is 4.78. The second kappa shape index (κ2) is 6.88. The lowest BCUT2D eigenvalue weighted by Crippen LogP contribution is -2.45. The van der Waals surface area contributed by atoms with E-state index in [2.05, 4.69) is 10.6 Å². The van der Waals surface area contributed by atoms with Gasteiger partial charge in [-0.2, -0.15) is 0 Å². The van der Waals surface area contributed by atoms with Crippen molar-refractivity contribution < 1.29 is 19.1 Å². The number of hydrogen-bond acceptors (Lipinski definition) is 2. The number of carbonyl (C=O) groups is 2. The highest BCUT2D eigenvalue weighted by Gasteiger charge is 2.22. The molecule has 0 saturated carbocycles. The fraction of sp³-hybridized carbons (Fsp3) is 0.429. The summed E-state index contributed by atoms with van der Waals surface area (Å²) in [7, 11) is 0. The fourth-order valence-corrected chi connectivity index (χ4v) is 1.69. The van der Waals surface area contributed by atoms with Crippen molar-refractivity contribution in [3.8, 4) is 0 Å². The Morgan fingerprint density at radius 3 is 2.30 bits per heavy atom. The van der Waals surface area contributed by atoms with Gasteiger partial charge in [0.15, 0.2) is 0 Å². The summed E-state index contributed by atoms with van der Waals surface area (Å²) in [5.41, 5.74) is 0.376. The van der Waals surface area contributed by atoms with Gasteiger partial charge in [-0.15, -0.1) is 0 Å². The predicted octanol–water partition coefficient (Wildman–Crippen LogP) is 2.30. The van der Waals surface area contributed by atoms with Crippen molar-refractivity contribution in [1.29, 1.82) is 0 Å². The van der Waals surface area contributed by atoms with Crippen molar-refractivity contribution in [3.05, 3.63) is 35.6 Å². The molecule has 6 heteroatoms. The van der Waals surface area contributed by atoms with E-state index in [0.29, 0.717) is 5.56 Å². The van der Waals surface area contributed by atoms with Crippen LogP contribution in [0.2, 0.25) is 0 Å². The van der Waals surface area contributed by atoms with Gasteiger partial charge in [0, 0.05) is 11.6 Å². The summed E-state index contributed by atoms with van der Waals surface area (Å²) in [5, 5.41) is 13.9. The van der Waals surface area contributed by atoms with Crippen LogP contribution >= 0.6 is 0 Å². The number of nitrogens with one attached hydrogen (secondary N) is 2. The number of amides is 2. The first-order valence-electron chi connectivity index (χ1n) is 6.37. The summed E-state index contributed by atoms with van der Waals surface area (Å²) >= 11 is 0. The Kier molecular flexibility index (Phi) is 5.49. The molecule has 0 aliphatic rings. The van der Waals surface area contributed by atoms with Crippen molar-refractivity contribution >= 4 is 12.0 Å². The lowest BCUT2D eigenvalue weighted by Gasteiger charge is -2.21. The van der Waals surface area contributed by atoms with E-state index < -0.39 is 35.8 Å². The first kappa shape index (κ1) is 15.9. The van der Waals surface area contributed by atoms with E-state index in [1.54, 1.807) is 32.0 Å². The number of aliphatic carboxylic acids is 1. The van der Waals surface area contributed by atoms with E-state index in [4.69, 9.17) is 5.11 Å². The highest BCUT2D eigenvalue weighted by atomic mass is 19.1. The van der Waals surface area contributed by atoms with Crippen LogP contribution in [0.4, 0.5) is 9.18 Å². The van der Waals surface area contributed by atoms with Crippen LogP contribution in [0.15, 0.2) is 24.3 Å². The van der Waals surface area contributed by atoms with E-state index >= 15 is 0 Å². The lowest BCUT2D eigenvalue weighted by molar-refractivity contribution is -0.141. The molecular weight excluding hydrogens is 263 g/mol. The number of carboxylic acid groups (broad SMARTS) is 1. The Balaban J connectivity index is 2.59.